The van der Waals surface area contributed by atoms with Gasteiger partial charge in [0.2, 0.25) is 0 Å². The first-order valence-electron chi connectivity index (χ1n) is 9.07. The van der Waals surface area contributed by atoms with E-state index in [0.717, 1.165) is 50.6 Å². The molecule has 0 aliphatic carbocycles. The number of nitrogens with zero attached hydrogens (tertiary/aromatic N) is 2. The molecule has 2 aliphatic rings. The highest BCUT2D eigenvalue weighted by atomic mass is 32.2. The van der Waals surface area contributed by atoms with Crippen molar-refractivity contribution in [2.75, 3.05) is 52.2 Å². The van der Waals surface area contributed by atoms with Crippen LogP contribution in [0.2, 0.25) is 0 Å². The van der Waals surface area contributed by atoms with Crippen molar-refractivity contribution in [1.82, 2.24) is 15.5 Å². The minimum absolute atomic E-state index is 0.554. The first-order valence-corrected chi connectivity index (χ1v) is 10.1. The number of hydrogen-bond donors (Lipinski definition) is 2. The third-order valence-corrected chi connectivity index (χ3v) is 5.95. The number of thioether (sulfide) groups is 1. The van der Waals surface area contributed by atoms with Gasteiger partial charge in [-0.05, 0) is 30.9 Å². The van der Waals surface area contributed by atoms with Crippen molar-refractivity contribution in [1.29, 1.82) is 0 Å². The highest BCUT2D eigenvalue weighted by molar-refractivity contribution is 8.00. The summed E-state index contributed by atoms with van der Waals surface area (Å²) < 4.78 is 5.50. The van der Waals surface area contributed by atoms with Crippen molar-refractivity contribution in [3.05, 3.63) is 0 Å². The number of guanidine groups is 1. The summed E-state index contributed by atoms with van der Waals surface area (Å²) >= 11 is 2.08. The quantitative estimate of drug-likeness (QED) is 0.546. The van der Waals surface area contributed by atoms with Gasteiger partial charge in [0.15, 0.2) is 5.96 Å². The van der Waals surface area contributed by atoms with Gasteiger partial charge in [-0.1, -0.05) is 13.8 Å². The molecule has 0 aromatic carbocycles. The van der Waals surface area contributed by atoms with E-state index >= 15 is 0 Å². The summed E-state index contributed by atoms with van der Waals surface area (Å²) in [7, 11) is 1.86. The molecule has 5 nitrogen and oxygen atoms in total. The van der Waals surface area contributed by atoms with Crippen molar-refractivity contribution >= 4 is 17.7 Å². The maximum Gasteiger partial charge on any atom is 0.191 e. The smallest absolute Gasteiger partial charge is 0.191 e. The third kappa shape index (κ3) is 6.89. The molecule has 2 rings (SSSR count). The maximum absolute atomic E-state index is 5.50. The Kier molecular flexibility index (Phi) is 8.55. The van der Waals surface area contributed by atoms with Crippen molar-refractivity contribution < 1.29 is 4.74 Å². The Morgan fingerprint density at radius 3 is 2.70 bits per heavy atom. The van der Waals surface area contributed by atoms with Gasteiger partial charge in [0, 0.05) is 44.5 Å². The zero-order chi connectivity index (χ0) is 16.5. The van der Waals surface area contributed by atoms with E-state index in [4.69, 9.17) is 4.74 Å². The van der Waals surface area contributed by atoms with Crippen LogP contribution in [0.4, 0.5) is 0 Å². The van der Waals surface area contributed by atoms with Crippen molar-refractivity contribution in [3.8, 4) is 0 Å². The second-order valence-corrected chi connectivity index (χ2v) is 8.31. The van der Waals surface area contributed by atoms with Crippen LogP contribution in [0.5, 0.6) is 0 Å². The van der Waals surface area contributed by atoms with E-state index in [2.05, 4.69) is 46.1 Å². The molecular weight excluding hydrogens is 308 g/mol. The van der Waals surface area contributed by atoms with Crippen LogP contribution in [-0.4, -0.2) is 74.3 Å². The van der Waals surface area contributed by atoms with Crippen LogP contribution in [0.25, 0.3) is 0 Å². The number of rotatable bonds is 7. The van der Waals surface area contributed by atoms with Gasteiger partial charge >= 0.3 is 0 Å². The van der Waals surface area contributed by atoms with E-state index in [1.54, 1.807) is 0 Å². The largest absolute Gasteiger partial charge is 0.379 e. The van der Waals surface area contributed by atoms with Crippen molar-refractivity contribution in [3.63, 3.8) is 0 Å². The van der Waals surface area contributed by atoms with Gasteiger partial charge in [-0.2, -0.15) is 11.8 Å². The summed E-state index contributed by atoms with van der Waals surface area (Å²) in [6.45, 7) is 10.4. The van der Waals surface area contributed by atoms with Crippen LogP contribution in [0.15, 0.2) is 4.99 Å². The molecule has 23 heavy (non-hydrogen) atoms. The molecular formula is C17H34N4OS. The lowest BCUT2D eigenvalue weighted by atomic mass is 10.0. The maximum atomic E-state index is 5.50. The molecule has 0 bridgehead atoms. The lowest BCUT2D eigenvalue weighted by Crippen LogP contribution is -2.51. The Hall–Kier alpha value is -0.460. The van der Waals surface area contributed by atoms with E-state index in [9.17, 15) is 0 Å². The van der Waals surface area contributed by atoms with Gasteiger partial charge in [-0.3, -0.25) is 9.89 Å². The van der Waals surface area contributed by atoms with Crippen LogP contribution >= 0.6 is 11.8 Å². The van der Waals surface area contributed by atoms with E-state index in [0.29, 0.717) is 12.0 Å². The number of nitrogens with one attached hydrogen (secondary N) is 2. The van der Waals surface area contributed by atoms with Gasteiger partial charge in [-0.15, -0.1) is 0 Å². The Bertz CT molecular complexity index is 353. The Balaban J connectivity index is 1.77. The topological polar surface area (TPSA) is 48.9 Å². The molecule has 134 valence electrons. The summed E-state index contributed by atoms with van der Waals surface area (Å²) in [6, 6.07) is 0.554. The fraction of sp³-hybridized carbons (Fsp3) is 0.941. The second-order valence-electron chi connectivity index (χ2n) is 6.90. The SMILES string of the molecule is CN=C(NCC1CCCS1)NCC(CC(C)C)N1CCOCC1. The van der Waals surface area contributed by atoms with Gasteiger partial charge in [0.1, 0.15) is 0 Å². The molecule has 0 aromatic heterocycles. The van der Waals surface area contributed by atoms with E-state index in [-0.39, 0.29) is 0 Å². The van der Waals surface area contributed by atoms with E-state index < -0.39 is 0 Å². The number of ether oxygens (including phenoxy) is 1. The Morgan fingerprint density at radius 1 is 1.30 bits per heavy atom. The minimum Gasteiger partial charge on any atom is -0.379 e. The Morgan fingerprint density at radius 2 is 2.09 bits per heavy atom. The highest BCUT2D eigenvalue weighted by Gasteiger charge is 2.22. The number of hydrogen-bond acceptors (Lipinski definition) is 4. The molecule has 0 radical (unpaired) electrons. The molecule has 2 atom stereocenters. The summed E-state index contributed by atoms with van der Waals surface area (Å²) in [6.07, 6.45) is 3.90. The average molecular weight is 343 g/mol. The molecule has 2 N–H and O–H groups in total. The molecule has 2 saturated heterocycles. The van der Waals surface area contributed by atoms with Crippen LogP contribution in [0, 0.1) is 5.92 Å². The van der Waals surface area contributed by atoms with Gasteiger partial charge in [0.05, 0.1) is 13.2 Å². The lowest BCUT2D eigenvalue weighted by Gasteiger charge is -2.35. The molecule has 0 saturated carbocycles. The summed E-state index contributed by atoms with van der Waals surface area (Å²) in [5.74, 6) is 2.96. The van der Waals surface area contributed by atoms with Crippen LogP contribution in [-0.2, 0) is 4.74 Å². The minimum atomic E-state index is 0.554. The second kappa shape index (κ2) is 10.4. The molecule has 2 unspecified atom stereocenters. The molecule has 0 aromatic rings. The zero-order valence-electron chi connectivity index (χ0n) is 15.0. The predicted molar refractivity (Wildman–Crippen MR) is 100 cm³/mol. The first-order chi connectivity index (χ1) is 11.2. The predicted octanol–water partition coefficient (Wildman–Crippen LogP) is 1.79. The molecule has 0 spiro atoms. The van der Waals surface area contributed by atoms with E-state index in [1.807, 2.05) is 7.05 Å². The number of aliphatic imine (C=N–C) groups is 1. The molecule has 2 heterocycles. The van der Waals surface area contributed by atoms with Crippen molar-refractivity contribution in [2.24, 2.45) is 10.9 Å². The monoisotopic (exact) mass is 342 g/mol. The standard InChI is InChI=1S/C17H34N4OS/c1-14(2)11-15(21-6-8-22-9-7-21)12-19-17(18-3)20-13-16-5-4-10-23-16/h14-16H,4-13H2,1-3H3,(H2,18,19,20). The zero-order valence-corrected chi connectivity index (χ0v) is 15.8. The van der Waals surface area contributed by atoms with E-state index in [1.165, 1.54) is 25.0 Å². The van der Waals surface area contributed by atoms with Gasteiger partial charge < -0.3 is 15.4 Å². The fourth-order valence-electron chi connectivity index (χ4n) is 3.30. The summed E-state index contributed by atoms with van der Waals surface area (Å²) in [5.41, 5.74) is 0. The van der Waals surface area contributed by atoms with Gasteiger partial charge in [0.25, 0.3) is 0 Å². The average Bonchev–Trinajstić information content (AvgIpc) is 3.07. The normalized spacial score (nSPS) is 24.9. The lowest BCUT2D eigenvalue weighted by molar-refractivity contribution is 0.0132. The van der Waals surface area contributed by atoms with Crippen LogP contribution in [0.3, 0.4) is 0 Å². The molecule has 2 fully saturated rings. The molecule has 2 aliphatic heterocycles. The third-order valence-electron chi connectivity index (χ3n) is 4.56. The molecule has 0 amide bonds. The van der Waals surface area contributed by atoms with Gasteiger partial charge in [-0.25, -0.2) is 0 Å². The van der Waals surface area contributed by atoms with Crippen molar-refractivity contribution in [2.45, 2.75) is 44.4 Å². The Labute approximate surface area is 146 Å². The first kappa shape index (κ1) is 18.9. The summed E-state index contributed by atoms with van der Waals surface area (Å²) in [5, 5.41) is 7.79. The van der Waals surface area contributed by atoms with Crippen LogP contribution in [0.1, 0.15) is 33.1 Å². The number of morpholine rings is 1. The molecule has 6 heteroatoms. The van der Waals surface area contributed by atoms with Crippen LogP contribution < -0.4 is 10.6 Å². The fourth-order valence-corrected chi connectivity index (χ4v) is 4.50. The summed E-state index contributed by atoms with van der Waals surface area (Å²) in [4.78, 5) is 6.95. The highest BCUT2D eigenvalue weighted by Crippen LogP contribution is 2.25.